The van der Waals surface area contributed by atoms with Crippen LogP contribution in [0.4, 0.5) is 4.79 Å². The molecule has 0 aromatic heterocycles. The van der Waals surface area contributed by atoms with Crippen LogP contribution < -0.4 is 5.32 Å². The maximum atomic E-state index is 11.6. The van der Waals surface area contributed by atoms with Gasteiger partial charge in [-0.3, -0.25) is 4.79 Å². The molecule has 0 aliphatic heterocycles. The summed E-state index contributed by atoms with van der Waals surface area (Å²) >= 11 is 0. The van der Waals surface area contributed by atoms with Gasteiger partial charge in [0.05, 0.1) is 18.1 Å². The second kappa shape index (κ2) is 7.20. The number of hydrogen-bond acceptors (Lipinski definition) is 3. The first-order valence-electron chi connectivity index (χ1n) is 6.07. The van der Waals surface area contributed by atoms with E-state index in [-0.39, 0.29) is 12.6 Å². The summed E-state index contributed by atoms with van der Waals surface area (Å²) in [5.41, 5.74) is -0.927. The Morgan fingerprint density at radius 3 is 2.39 bits per heavy atom. The number of amides is 2. The zero-order valence-electron chi connectivity index (χ0n) is 11.6. The molecule has 0 fully saturated rings. The third-order valence-corrected chi connectivity index (χ3v) is 2.48. The van der Waals surface area contributed by atoms with Crippen LogP contribution in [-0.4, -0.2) is 52.9 Å². The largest absolute Gasteiger partial charge is 0.481 e. The molecule has 1 atom stereocenters. The molecule has 0 heterocycles. The predicted molar refractivity (Wildman–Crippen MR) is 68.4 cm³/mol. The van der Waals surface area contributed by atoms with Crippen LogP contribution in [0.5, 0.6) is 0 Å². The van der Waals surface area contributed by atoms with E-state index < -0.39 is 17.5 Å². The van der Waals surface area contributed by atoms with Crippen LogP contribution >= 0.6 is 0 Å². The maximum absolute atomic E-state index is 11.6. The summed E-state index contributed by atoms with van der Waals surface area (Å²) in [6.07, 6.45) is 1.15. The third kappa shape index (κ3) is 7.89. The molecule has 0 aliphatic rings. The van der Waals surface area contributed by atoms with Crippen molar-refractivity contribution in [3.63, 3.8) is 0 Å². The van der Waals surface area contributed by atoms with Crippen LogP contribution in [0.3, 0.4) is 0 Å². The number of aliphatic carboxylic acids is 1. The standard InChI is InChI=1S/C12H24N2O4/c1-9(10(15)16)6-5-7-13-11(17)14(4)8-12(2,3)18/h9,18H,5-8H2,1-4H3,(H,13,17)(H,15,16). The Labute approximate surface area is 108 Å². The summed E-state index contributed by atoms with van der Waals surface area (Å²) < 4.78 is 0. The van der Waals surface area contributed by atoms with Crippen LogP contribution in [0.1, 0.15) is 33.6 Å². The Hall–Kier alpha value is -1.30. The quantitative estimate of drug-likeness (QED) is 0.593. The highest BCUT2D eigenvalue weighted by Crippen LogP contribution is 2.05. The molecule has 0 aromatic rings. The molecular weight excluding hydrogens is 236 g/mol. The van der Waals surface area contributed by atoms with Gasteiger partial charge in [0.2, 0.25) is 0 Å². The number of rotatable bonds is 7. The van der Waals surface area contributed by atoms with E-state index in [2.05, 4.69) is 5.32 Å². The minimum Gasteiger partial charge on any atom is -0.481 e. The van der Waals surface area contributed by atoms with Crippen molar-refractivity contribution >= 4 is 12.0 Å². The lowest BCUT2D eigenvalue weighted by atomic mass is 10.1. The summed E-state index contributed by atoms with van der Waals surface area (Å²) in [4.78, 5) is 23.6. The van der Waals surface area contributed by atoms with Crippen molar-refractivity contribution < 1.29 is 19.8 Å². The fourth-order valence-corrected chi connectivity index (χ4v) is 1.51. The number of nitrogens with zero attached hydrogens (tertiary/aromatic N) is 1. The number of hydrogen-bond donors (Lipinski definition) is 3. The molecule has 0 aliphatic carbocycles. The van der Waals surface area contributed by atoms with Crippen LogP contribution in [-0.2, 0) is 4.79 Å². The van der Waals surface area contributed by atoms with Gasteiger partial charge in [-0.1, -0.05) is 6.92 Å². The first-order valence-corrected chi connectivity index (χ1v) is 6.07. The molecule has 0 saturated carbocycles. The molecule has 0 radical (unpaired) electrons. The molecule has 106 valence electrons. The number of aliphatic hydroxyl groups is 1. The van der Waals surface area contributed by atoms with Gasteiger partial charge in [-0.05, 0) is 26.7 Å². The SMILES string of the molecule is CC(CCCNC(=O)N(C)CC(C)(C)O)C(=O)O. The summed E-state index contributed by atoms with van der Waals surface area (Å²) in [7, 11) is 1.60. The molecule has 6 nitrogen and oxygen atoms in total. The van der Waals surface area contributed by atoms with E-state index in [1.807, 2.05) is 0 Å². The van der Waals surface area contributed by atoms with E-state index >= 15 is 0 Å². The van der Waals surface area contributed by atoms with Crippen molar-refractivity contribution in [3.05, 3.63) is 0 Å². The molecule has 2 amide bonds. The van der Waals surface area contributed by atoms with Gasteiger partial charge in [0.25, 0.3) is 0 Å². The summed E-state index contributed by atoms with van der Waals surface area (Å²) in [6, 6.07) is -0.264. The Morgan fingerprint density at radius 1 is 1.39 bits per heavy atom. The molecular formula is C12H24N2O4. The minimum absolute atomic E-state index is 0.240. The van der Waals surface area contributed by atoms with Crippen molar-refractivity contribution in [1.29, 1.82) is 0 Å². The second-order valence-corrected chi connectivity index (χ2v) is 5.28. The van der Waals surface area contributed by atoms with Gasteiger partial charge in [-0.25, -0.2) is 4.79 Å². The lowest BCUT2D eigenvalue weighted by Crippen LogP contribution is -2.44. The van der Waals surface area contributed by atoms with Crippen molar-refractivity contribution in [3.8, 4) is 0 Å². The number of carbonyl (C=O) groups is 2. The van der Waals surface area contributed by atoms with Gasteiger partial charge >= 0.3 is 12.0 Å². The Kier molecular flexibility index (Phi) is 6.68. The lowest BCUT2D eigenvalue weighted by molar-refractivity contribution is -0.141. The second-order valence-electron chi connectivity index (χ2n) is 5.28. The summed E-state index contributed by atoms with van der Waals surface area (Å²) in [6.45, 7) is 5.58. The fraction of sp³-hybridized carbons (Fsp3) is 0.833. The molecule has 0 bridgehead atoms. The van der Waals surface area contributed by atoms with Crippen molar-refractivity contribution in [1.82, 2.24) is 10.2 Å². The van der Waals surface area contributed by atoms with Gasteiger partial charge in [0.15, 0.2) is 0 Å². The smallest absolute Gasteiger partial charge is 0.317 e. The molecule has 3 N–H and O–H groups in total. The molecule has 18 heavy (non-hydrogen) atoms. The first kappa shape index (κ1) is 16.7. The van der Waals surface area contributed by atoms with Gasteiger partial charge < -0.3 is 20.4 Å². The van der Waals surface area contributed by atoms with Crippen molar-refractivity contribution in [2.45, 2.75) is 39.2 Å². The van der Waals surface area contributed by atoms with E-state index in [1.54, 1.807) is 27.8 Å². The average Bonchev–Trinajstić information content (AvgIpc) is 2.20. The number of likely N-dealkylation sites (N-methyl/N-ethyl adjacent to an activating group) is 1. The predicted octanol–water partition coefficient (Wildman–Crippen LogP) is 0.900. The molecule has 0 rings (SSSR count). The summed E-state index contributed by atoms with van der Waals surface area (Å²) in [5, 5.41) is 20.9. The zero-order chi connectivity index (χ0) is 14.3. The molecule has 6 heteroatoms. The van der Waals surface area contributed by atoms with E-state index in [1.165, 1.54) is 4.90 Å². The van der Waals surface area contributed by atoms with E-state index in [0.717, 1.165) is 0 Å². The van der Waals surface area contributed by atoms with Crippen molar-refractivity contribution in [2.24, 2.45) is 5.92 Å². The minimum atomic E-state index is -0.927. The first-order chi connectivity index (χ1) is 8.13. The normalized spacial score (nSPS) is 12.9. The van der Waals surface area contributed by atoms with Gasteiger partial charge in [-0.15, -0.1) is 0 Å². The molecule has 0 spiro atoms. The Morgan fingerprint density at radius 2 is 1.94 bits per heavy atom. The molecule has 0 aromatic carbocycles. The Balaban J connectivity index is 3.80. The van der Waals surface area contributed by atoms with Crippen LogP contribution in [0.2, 0.25) is 0 Å². The number of nitrogens with one attached hydrogen (secondary N) is 1. The van der Waals surface area contributed by atoms with E-state index in [4.69, 9.17) is 5.11 Å². The van der Waals surface area contributed by atoms with Crippen LogP contribution in [0.15, 0.2) is 0 Å². The number of carboxylic acid groups (broad SMARTS) is 1. The number of urea groups is 1. The molecule has 1 unspecified atom stereocenters. The van der Waals surface area contributed by atoms with Gasteiger partial charge in [0.1, 0.15) is 0 Å². The van der Waals surface area contributed by atoms with Crippen LogP contribution in [0.25, 0.3) is 0 Å². The maximum Gasteiger partial charge on any atom is 0.317 e. The Bertz CT molecular complexity index is 286. The highest BCUT2D eigenvalue weighted by Gasteiger charge is 2.19. The van der Waals surface area contributed by atoms with E-state index in [0.29, 0.717) is 19.4 Å². The number of carbonyl (C=O) groups excluding carboxylic acids is 1. The highest BCUT2D eigenvalue weighted by atomic mass is 16.4. The summed E-state index contributed by atoms with van der Waals surface area (Å²) in [5.74, 6) is -1.21. The average molecular weight is 260 g/mol. The third-order valence-electron chi connectivity index (χ3n) is 2.48. The highest BCUT2D eigenvalue weighted by molar-refractivity contribution is 5.73. The topological polar surface area (TPSA) is 89.9 Å². The monoisotopic (exact) mass is 260 g/mol. The van der Waals surface area contributed by atoms with Crippen LogP contribution in [0, 0.1) is 5.92 Å². The van der Waals surface area contributed by atoms with Crippen molar-refractivity contribution in [2.75, 3.05) is 20.1 Å². The number of carboxylic acids is 1. The lowest BCUT2D eigenvalue weighted by Gasteiger charge is -2.25. The van der Waals surface area contributed by atoms with Gasteiger partial charge in [-0.2, -0.15) is 0 Å². The zero-order valence-corrected chi connectivity index (χ0v) is 11.6. The fourth-order valence-electron chi connectivity index (χ4n) is 1.51. The van der Waals surface area contributed by atoms with E-state index in [9.17, 15) is 14.7 Å². The van der Waals surface area contributed by atoms with Gasteiger partial charge in [0, 0.05) is 13.6 Å². The molecule has 0 saturated heterocycles.